The van der Waals surface area contributed by atoms with Crippen molar-refractivity contribution in [3.05, 3.63) is 23.8 Å². The Labute approximate surface area is 88.7 Å². The van der Waals surface area contributed by atoms with Crippen molar-refractivity contribution in [1.29, 1.82) is 0 Å². The van der Waals surface area contributed by atoms with Gasteiger partial charge in [0.05, 0.1) is 0 Å². The Morgan fingerprint density at radius 3 is 2.79 bits per heavy atom. The standard InChI is InChI=1S/C9H8BrFO3/c1-14-5-7(12)6-2-3-8(13)9(10,11)4-6/h2-4H,5H2,1H3. The Kier molecular flexibility index (Phi) is 3.34. The second kappa shape index (κ2) is 4.14. The van der Waals surface area contributed by atoms with Crippen LogP contribution in [0.4, 0.5) is 4.39 Å². The summed E-state index contributed by atoms with van der Waals surface area (Å²) in [5, 5.41) is 0. The van der Waals surface area contributed by atoms with Gasteiger partial charge >= 0.3 is 0 Å². The molecule has 0 aliphatic heterocycles. The first-order valence-corrected chi connectivity index (χ1v) is 4.62. The molecule has 1 unspecified atom stereocenters. The van der Waals surface area contributed by atoms with Crippen molar-refractivity contribution in [2.75, 3.05) is 13.7 Å². The molecular weight excluding hydrogens is 255 g/mol. The molecule has 0 aromatic heterocycles. The zero-order valence-corrected chi connectivity index (χ0v) is 9.01. The predicted molar refractivity (Wildman–Crippen MR) is 51.9 cm³/mol. The molecule has 5 heteroatoms. The molecule has 0 heterocycles. The lowest BCUT2D eigenvalue weighted by atomic mass is 10.0. The molecule has 0 aromatic carbocycles. The minimum absolute atomic E-state index is 0.130. The van der Waals surface area contributed by atoms with Crippen molar-refractivity contribution < 1.29 is 18.7 Å². The SMILES string of the molecule is COCC(=O)C1=CC(F)(Br)C(=O)C=C1. The number of ether oxygens (including phenoxy) is 1. The van der Waals surface area contributed by atoms with Gasteiger partial charge < -0.3 is 4.74 Å². The topological polar surface area (TPSA) is 43.4 Å². The molecule has 14 heavy (non-hydrogen) atoms. The molecule has 0 saturated carbocycles. The van der Waals surface area contributed by atoms with Gasteiger partial charge in [0.25, 0.3) is 0 Å². The van der Waals surface area contributed by atoms with Gasteiger partial charge in [0.15, 0.2) is 5.78 Å². The van der Waals surface area contributed by atoms with Crippen LogP contribution in [-0.2, 0) is 14.3 Å². The average Bonchev–Trinajstić information content (AvgIpc) is 2.10. The normalized spacial score (nSPS) is 26.2. The maximum atomic E-state index is 13.4. The predicted octanol–water partition coefficient (Wildman–Crippen LogP) is 1.33. The largest absolute Gasteiger partial charge is 0.377 e. The Balaban J connectivity index is 2.88. The Bertz CT molecular complexity index is 331. The molecule has 1 aliphatic rings. The van der Waals surface area contributed by atoms with Crippen LogP contribution >= 0.6 is 15.9 Å². The molecule has 0 radical (unpaired) electrons. The molecule has 0 N–H and O–H groups in total. The van der Waals surface area contributed by atoms with Crippen LogP contribution in [0.2, 0.25) is 0 Å². The third kappa shape index (κ3) is 2.36. The number of halogens is 2. The second-order valence-corrected chi connectivity index (χ2v) is 3.93. The number of alkyl halides is 2. The van der Waals surface area contributed by atoms with E-state index in [0.29, 0.717) is 0 Å². The van der Waals surface area contributed by atoms with Crippen LogP contribution < -0.4 is 0 Å². The van der Waals surface area contributed by atoms with Gasteiger partial charge in [-0.2, -0.15) is 0 Å². The smallest absolute Gasteiger partial charge is 0.245 e. The fourth-order valence-electron chi connectivity index (χ4n) is 0.979. The molecule has 1 aliphatic carbocycles. The van der Waals surface area contributed by atoms with E-state index in [1.54, 1.807) is 0 Å². The van der Waals surface area contributed by atoms with Crippen LogP contribution in [0.1, 0.15) is 0 Å². The second-order valence-electron chi connectivity index (χ2n) is 2.78. The van der Waals surface area contributed by atoms with Gasteiger partial charge in [0.1, 0.15) is 6.61 Å². The van der Waals surface area contributed by atoms with E-state index in [2.05, 4.69) is 20.7 Å². The van der Waals surface area contributed by atoms with E-state index in [0.717, 1.165) is 12.2 Å². The highest BCUT2D eigenvalue weighted by molar-refractivity contribution is 9.10. The highest BCUT2D eigenvalue weighted by atomic mass is 79.9. The zero-order chi connectivity index (χ0) is 10.8. The van der Waals surface area contributed by atoms with Crippen molar-refractivity contribution in [1.82, 2.24) is 0 Å². The third-order valence-corrected chi connectivity index (χ3v) is 2.30. The van der Waals surface area contributed by atoms with Crippen LogP contribution in [0, 0.1) is 0 Å². The maximum absolute atomic E-state index is 13.4. The van der Waals surface area contributed by atoms with Crippen LogP contribution in [-0.4, -0.2) is 29.9 Å². The van der Waals surface area contributed by atoms with Gasteiger partial charge in [-0.3, -0.25) is 9.59 Å². The number of ketones is 2. The lowest BCUT2D eigenvalue weighted by molar-refractivity contribution is -0.119. The number of carbonyl (C=O) groups is 2. The summed E-state index contributed by atoms with van der Waals surface area (Å²) in [4.78, 5) is 22.2. The van der Waals surface area contributed by atoms with Gasteiger partial charge in [0, 0.05) is 12.7 Å². The highest BCUT2D eigenvalue weighted by Gasteiger charge is 2.34. The highest BCUT2D eigenvalue weighted by Crippen LogP contribution is 2.29. The number of rotatable bonds is 3. The number of carbonyl (C=O) groups excluding carboxylic acids is 2. The molecule has 0 fully saturated rings. The van der Waals surface area contributed by atoms with Crippen molar-refractivity contribution in [3.63, 3.8) is 0 Å². The van der Waals surface area contributed by atoms with Gasteiger partial charge in [-0.25, -0.2) is 4.39 Å². The first-order chi connectivity index (χ1) is 6.47. The lowest BCUT2D eigenvalue weighted by Crippen LogP contribution is -2.27. The van der Waals surface area contributed by atoms with Crippen molar-refractivity contribution >= 4 is 27.5 Å². The van der Waals surface area contributed by atoms with Gasteiger partial charge in [-0.1, -0.05) is 0 Å². The lowest BCUT2D eigenvalue weighted by Gasteiger charge is -2.15. The van der Waals surface area contributed by atoms with Crippen molar-refractivity contribution in [2.24, 2.45) is 0 Å². The minimum atomic E-state index is -2.26. The molecule has 1 rings (SSSR count). The van der Waals surface area contributed by atoms with Gasteiger partial charge in [0.2, 0.25) is 10.4 Å². The summed E-state index contributed by atoms with van der Waals surface area (Å²) in [6.45, 7) is -0.132. The van der Waals surface area contributed by atoms with Crippen LogP contribution in [0.3, 0.4) is 0 Å². The Morgan fingerprint density at radius 2 is 2.29 bits per heavy atom. The Morgan fingerprint density at radius 1 is 1.64 bits per heavy atom. The molecule has 0 spiro atoms. The third-order valence-electron chi connectivity index (χ3n) is 1.68. The monoisotopic (exact) mass is 262 g/mol. The summed E-state index contributed by atoms with van der Waals surface area (Å²) in [5.74, 6) is -1.09. The number of hydrogen-bond acceptors (Lipinski definition) is 3. The van der Waals surface area contributed by atoms with E-state index in [-0.39, 0.29) is 18.0 Å². The summed E-state index contributed by atoms with van der Waals surface area (Å²) in [6, 6.07) is 0. The summed E-state index contributed by atoms with van der Waals surface area (Å²) >= 11 is 2.58. The van der Waals surface area contributed by atoms with Crippen LogP contribution in [0.5, 0.6) is 0 Å². The molecule has 76 valence electrons. The fraction of sp³-hybridized carbons (Fsp3) is 0.333. The first kappa shape index (κ1) is 11.3. The number of methoxy groups -OCH3 is 1. The van der Waals surface area contributed by atoms with E-state index >= 15 is 0 Å². The number of hydrogen-bond donors (Lipinski definition) is 0. The fourth-order valence-corrected chi connectivity index (χ4v) is 1.36. The number of Topliss-reactive ketones (excluding diaryl/α,β-unsaturated/α-hetero) is 1. The molecular formula is C9H8BrFO3. The molecule has 0 bridgehead atoms. The summed E-state index contributed by atoms with van der Waals surface area (Å²) in [6.07, 6.45) is 3.25. The quantitative estimate of drug-likeness (QED) is 0.721. The van der Waals surface area contributed by atoms with Crippen molar-refractivity contribution in [3.8, 4) is 0 Å². The molecule has 0 aromatic rings. The van der Waals surface area contributed by atoms with Crippen LogP contribution in [0.25, 0.3) is 0 Å². The van der Waals surface area contributed by atoms with E-state index in [4.69, 9.17) is 0 Å². The summed E-state index contributed by atoms with van der Waals surface area (Å²) in [5.41, 5.74) is 0.130. The molecule has 0 amide bonds. The van der Waals surface area contributed by atoms with Crippen molar-refractivity contribution in [2.45, 2.75) is 4.58 Å². The van der Waals surface area contributed by atoms with E-state index in [9.17, 15) is 14.0 Å². The Hall–Kier alpha value is -0.810. The van der Waals surface area contributed by atoms with Gasteiger partial charge in [-0.05, 0) is 34.2 Å². The van der Waals surface area contributed by atoms with E-state index in [1.165, 1.54) is 13.2 Å². The van der Waals surface area contributed by atoms with E-state index in [1.807, 2.05) is 0 Å². The summed E-state index contributed by atoms with van der Waals surface area (Å²) < 4.78 is 15.7. The minimum Gasteiger partial charge on any atom is -0.377 e. The zero-order valence-electron chi connectivity index (χ0n) is 7.42. The molecule has 3 nitrogen and oxygen atoms in total. The average molecular weight is 263 g/mol. The van der Waals surface area contributed by atoms with E-state index < -0.39 is 10.4 Å². The maximum Gasteiger partial charge on any atom is 0.245 e. The first-order valence-electron chi connectivity index (χ1n) is 3.82. The molecule has 0 saturated heterocycles. The molecule has 1 atom stereocenters. The number of allylic oxidation sites excluding steroid dienone is 3. The van der Waals surface area contributed by atoms with Gasteiger partial charge in [-0.15, -0.1) is 0 Å². The summed E-state index contributed by atoms with van der Waals surface area (Å²) in [7, 11) is 1.37. The van der Waals surface area contributed by atoms with Crippen LogP contribution in [0.15, 0.2) is 23.8 Å².